The SMILES string of the molecule is C=CCNC(=NCCOc1cccc(Br)c1)NCC.I. The maximum atomic E-state index is 5.61. The minimum Gasteiger partial charge on any atom is -0.492 e. The first kappa shape index (κ1) is 19.2. The van der Waals surface area contributed by atoms with Gasteiger partial charge >= 0.3 is 0 Å². The van der Waals surface area contributed by atoms with Crippen LogP contribution in [-0.2, 0) is 0 Å². The van der Waals surface area contributed by atoms with Gasteiger partial charge in [-0.3, -0.25) is 0 Å². The largest absolute Gasteiger partial charge is 0.492 e. The van der Waals surface area contributed by atoms with Crippen LogP contribution in [0.2, 0.25) is 0 Å². The highest BCUT2D eigenvalue weighted by atomic mass is 127. The lowest BCUT2D eigenvalue weighted by atomic mass is 10.3. The number of halogens is 2. The number of hydrogen-bond donors (Lipinski definition) is 2. The number of aliphatic imine (C=N–C) groups is 1. The predicted octanol–water partition coefficient (Wildman–Crippen LogP) is 3.19. The molecule has 0 spiro atoms. The van der Waals surface area contributed by atoms with Gasteiger partial charge in [0, 0.05) is 17.6 Å². The quantitative estimate of drug-likeness (QED) is 0.219. The molecule has 0 bridgehead atoms. The molecule has 0 saturated carbocycles. The van der Waals surface area contributed by atoms with E-state index in [9.17, 15) is 0 Å². The van der Waals surface area contributed by atoms with Gasteiger partial charge in [0.15, 0.2) is 5.96 Å². The van der Waals surface area contributed by atoms with Crippen molar-refractivity contribution in [3.8, 4) is 5.75 Å². The summed E-state index contributed by atoms with van der Waals surface area (Å²) in [7, 11) is 0. The van der Waals surface area contributed by atoms with Crippen molar-refractivity contribution >= 4 is 45.9 Å². The van der Waals surface area contributed by atoms with Crippen molar-refractivity contribution < 1.29 is 4.74 Å². The van der Waals surface area contributed by atoms with Crippen LogP contribution >= 0.6 is 39.9 Å². The van der Waals surface area contributed by atoms with Crippen molar-refractivity contribution in [3.63, 3.8) is 0 Å². The Balaban J connectivity index is 0.00000361. The van der Waals surface area contributed by atoms with Gasteiger partial charge in [-0.15, -0.1) is 30.6 Å². The Morgan fingerprint density at radius 2 is 2.25 bits per heavy atom. The molecule has 112 valence electrons. The highest BCUT2D eigenvalue weighted by Gasteiger charge is 1.96. The number of rotatable bonds is 7. The Bertz CT molecular complexity index is 427. The molecular formula is C14H21BrIN3O. The van der Waals surface area contributed by atoms with Gasteiger partial charge < -0.3 is 15.4 Å². The van der Waals surface area contributed by atoms with Crippen LogP contribution in [0.15, 0.2) is 46.4 Å². The Kier molecular flexibility index (Phi) is 11.6. The van der Waals surface area contributed by atoms with Crippen molar-refractivity contribution in [1.82, 2.24) is 10.6 Å². The minimum absolute atomic E-state index is 0. The Labute approximate surface area is 146 Å². The fourth-order valence-electron chi connectivity index (χ4n) is 1.39. The zero-order chi connectivity index (χ0) is 13.9. The zero-order valence-corrected chi connectivity index (χ0v) is 15.5. The van der Waals surface area contributed by atoms with Crippen molar-refractivity contribution in [2.75, 3.05) is 26.2 Å². The van der Waals surface area contributed by atoms with Gasteiger partial charge in [-0.1, -0.05) is 28.1 Å². The van der Waals surface area contributed by atoms with Crippen LogP contribution in [0.3, 0.4) is 0 Å². The maximum Gasteiger partial charge on any atom is 0.191 e. The van der Waals surface area contributed by atoms with Crippen molar-refractivity contribution in [2.45, 2.75) is 6.92 Å². The summed E-state index contributed by atoms with van der Waals surface area (Å²) in [6.07, 6.45) is 1.80. The maximum absolute atomic E-state index is 5.61. The summed E-state index contributed by atoms with van der Waals surface area (Å²) in [4.78, 5) is 4.40. The van der Waals surface area contributed by atoms with Gasteiger partial charge in [0.1, 0.15) is 12.4 Å². The second-order valence-electron chi connectivity index (χ2n) is 3.74. The van der Waals surface area contributed by atoms with E-state index in [0.717, 1.165) is 22.7 Å². The van der Waals surface area contributed by atoms with Gasteiger partial charge in [-0.25, -0.2) is 4.99 Å². The van der Waals surface area contributed by atoms with E-state index < -0.39 is 0 Å². The van der Waals surface area contributed by atoms with Gasteiger partial charge in [0.25, 0.3) is 0 Å². The molecular weight excluding hydrogens is 433 g/mol. The first-order valence-electron chi connectivity index (χ1n) is 6.27. The molecule has 1 aromatic carbocycles. The number of nitrogens with one attached hydrogen (secondary N) is 2. The lowest BCUT2D eigenvalue weighted by molar-refractivity contribution is 0.328. The molecule has 0 fully saturated rings. The number of benzene rings is 1. The summed E-state index contributed by atoms with van der Waals surface area (Å²) in [5.74, 6) is 1.62. The fraction of sp³-hybridized carbons (Fsp3) is 0.357. The molecule has 2 N–H and O–H groups in total. The standard InChI is InChI=1S/C14H20BrN3O.HI/c1-3-8-17-14(16-4-2)18-9-10-19-13-7-5-6-12(15)11-13;/h3,5-7,11H,1,4,8-10H2,2H3,(H2,16,17,18);1H. The zero-order valence-electron chi connectivity index (χ0n) is 11.6. The van der Waals surface area contributed by atoms with Crippen LogP contribution in [0.5, 0.6) is 5.75 Å². The summed E-state index contributed by atoms with van der Waals surface area (Å²) in [5, 5.41) is 6.29. The molecule has 0 aliphatic carbocycles. The van der Waals surface area contributed by atoms with E-state index in [0.29, 0.717) is 19.7 Å². The molecule has 1 aromatic rings. The minimum atomic E-state index is 0. The highest BCUT2D eigenvalue weighted by Crippen LogP contribution is 2.17. The van der Waals surface area contributed by atoms with E-state index in [1.54, 1.807) is 6.08 Å². The molecule has 0 heterocycles. The van der Waals surface area contributed by atoms with Crippen LogP contribution in [0.25, 0.3) is 0 Å². The monoisotopic (exact) mass is 453 g/mol. The summed E-state index contributed by atoms with van der Waals surface area (Å²) >= 11 is 3.41. The number of guanidine groups is 1. The Morgan fingerprint density at radius 3 is 2.90 bits per heavy atom. The first-order chi connectivity index (χ1) is 9.26. The molecule has 0 radical (unpaired) electrons. The number of ether oxygens (including phenoxy) is 1. The van der Waals surface area contributed by atoms with E-state index in [1.807, 2.05) is 31.2 Å². The summed E-state index contributed by atoms with van der Waals surface area (Å²) < 4.78 is 6.62. The van der Waals surface area contributed by atoms with Crippen LogP contribution in [0.4, 0.5) is 0 Å². The van der Waals surface area contributed by atoms with E-state index >= 15 is 0 Å². The second kappa shape index (κ2) is 12.0. The first-order valence-corrected chi connectivity index (χ1v) is 7.07. The van der Waals surface area contributed by atoms with Gasteiger partial charge in [0.2, 0.25) is 0 Å². The average Bonchev–Trinajstić information content (AvgIpc) is 2.41. The summed E-state index contributed by atoms with van der Waals surface area (Å²) in [6, 6.07) is 7.77. The van der Waals surface area contributed by atoms with Crippen LogP contribution in [0.1, 0.15) is 6.92 Å². The average molecular weight is 454 g/mol. The molecule has 0 amide bonds. The molecule has 0 unspecified atom stereocenters. The van der Waals surface area contributed by atoms with Crippen molar-refractivity contribution in [2.24, 2.45) is 4.99 Å². The molecule has 0 saturated heterocycles. The lowest BCUT2D eigenvalue weighted by Crippen LogP contribution is -2.37. The third kappa shape index (κ3) is 8.42. The van der Waals surface area contributed by atoms with Crippen molar-refractivity contribution in [1.29, 1.82) is 0 Å². The van der Waals surface area contributed by atoms with Crippen LogP contribution in [-0.4, -0.2) is 32.2 Å². The summed E-state index contributed by atoms with van der Waals surface area (Å²) in [5.41, 5.74) is 0. The lowest BCUT2D eigenvalue weighted by Gasteiger charge is -2.10. The number of hydrogen-bond acceptors (Lipinski definition) is 2. The highest BCUT2D eigenvalue weighted by molar-refractivity contribution is 14.0. The molecule has 4 nitrogen and oxygen atoms in total. The Hall–Kier alpha value is -0.760. The van der Waals surface area contributed by atoms with Crippen LogP contribution < -0.4 is 15.4 Å². The fourth-order valence-corrected chi connectivity index (χ4v) is 1.77. The third-order valence-electron chi connectivity index (χ3n) is 2.18. The predicted molar refractivity (Wildman–Crippen MR) is 99.2 cm³/mol. The smallest absolute Gasteiger partial charge is 0.191 e. The van der Waals surface area contributed by atoms with Crippen LogP contribution in [0, 0.1) is 0 Å². The molecule has 0 aliphatic rings. The molecule has 20 heavy (non-hydrogen) atoms. The molecule has 0 aliphatic heterocycles. The molecule has 6 heteroatoms. The van der Waals surface area contributed by atoms with Gasteiger partial charge in [0.05, 0.1) is 6.54 Å². The van der Waals surface area contributed by atoms with E-state index in [2.05, 4.69) is 38.1 Å². The third-order valence-corrected chi connectivity index (χ3v) is 2.68. The normalized spacial score (nSPS) is 10.4. The second-order valence-corrected chi connectivity index (χ2v) is 4.65. The van der Waals surface area contributed by atoms with E-state index in [1.165, 1.54) is 0 Å². The molecule has 1 rings (SSSR count). The Morgan fingerprint density at radius 1 is 1.45 bits per heavy atom. The summed E-state index contributed by atoms with van der Waals surface area (Å²) in [6.45, 7) is 8.35. The number of nitrogens with zero attached hydrogens (tertiary/aromatic N) is 1. The topological polar surface area (TPSA) is 45.7 Å². The van der Waals surface area contributed by atoms with Gasteiger partial charge in [-0.05, 0) is 25.1 Å². The molecule has 0 aromatic heterocycles. The molecule has 0 atom stereocenters. The van der Waals surface area contributed by atoms with E-state index in [-0.39, 0.29) is 24.0 Å². The van der Waals surface area contributed by atoms with E-state index in [4.69, 9.17) is 4.74 Å². The van der Waals surface area contributed by atoms with Crippen molar-refractivity contribution in [3.05, 3.63) is 41.4 Å². The van der Waals surface area contributed by atoms with Gasteiger partial charge in [-0.2, -0.15) is 0 Å².